The molecule has 3 heterocycles. The summed E-state index contributed by atoms with van der Waals surface area (Å²) in [7, 11) is 0. The minimum Gasteiger partial charge on any atom is -0.339 e. The number of hydrogen-bond acceptors (Lipinski definition) is 5. The van der Waals surface area contributed by atoms with Crippen molar-refractivity contribution in [3.05, 3.63) is 41.2 Å². The van der Waals surface area contributed by atoms with Gasteiger partial charge in [0, 0.05) is 13.1 Å². The third-order valence-corrected chi connectivity index (χ3v) is 5.85. The van der Waals surface area contributed by atoms with Crippen LogP contribution in [0.25, 0.3) is 0 Å². The fourth-order valence-corrected chi connectivity index (χ4v) is 4.18. The van der Waals surface area contributed by atoms with Gasteiger partial charge < -0.3 is 15.5 Å². The first kappa shape index (κ1) is 19.6. The Balaban J connectivity index is 1.52. The predicted molar refractivity (Wildman–Crippen MR) is 110 cm³/mol. The van der Waals surface area contributed by atoms with E-state index >= 15 is 0 Å². The molecule has 0 saturated carbocycles. The van der Waals surface area contributed by atoms with Crippen LogP contribution in [-0.4, -0.2) is 57.9 Å². The van der Waals surface area contributed by atoms with Gasteiger partial charge in [0.1, 0.15) is 0 Å². The van der Waals surface area contributed by atoms with E-state index in [1.165, 1.54) is 0 Å². The third kappa shape index (κ3) is 4.17. The van der Waals surface area contributed by atoms with Crippen molar-refractivity contribution in [2.45, 2.75) is 45.1 Å². The van der Waals surface area contributed by atoms with E-state index in [9.17, 15) is 9.59 Å². The molecule has 8 nitrogen and oxygen atoms in total. The molecule has 0 bridgehead atoms. The second-order valence-electron chi connectivity index (χ2n) is 7.80. The molecule has 2 fully saturated rings. The van der Waals surface area contributed by atoms with Crippen LogP contribution in [0.2, 0.25) is 0 Å². The van der Waals surface area contributed by atoms with Crippen LogP contribution in [0.1, 0.15) is 64.7 Å². The standard InChI is InChI=1S/C21H28N6O2/c1-15-19(24-25-27(15)16-9-11-22-12-10-16)20(28)23-18-8-4-3-7-17(18)21(29)26-13-5-2-6-14-26/h3-4,7-8,16,22H,2,5-6,9-14H2,1H3,(H,23,28). The highest BCUT2D eigenvalue weighted by Crippen LogP contribution is 2.23. The minimum atomic E-state index is -0.332. The number of nitrogens with zero attached hydrogens (tertiary/aromatic N) is 4. The first-order valence-electron chi connectivity index (χ1n) is 10.5. The van der Waals surface area contributed by atoms with Gasteiger partial charge in [0.05, 0.1) is 23.0 Å². The van der Waals surface area contributed by atoms with Gasteiger partial charge in [-0.3, -0.25) is 9.59 Å². The summed E-state index contributed by atoms with van der Waals surface area (Å²) in [6.07, 6.45) is 5.16. The van der Waals surface area contributed by atoms with Crippen molar-refractivity contribution in [3.63, 3.8) is 0 Å². The molecular weight excluding hydrogens is 368 g/mol. The molecule has 2 aliphatic heterocycles. The van der Waals surface area contributed by atoms with Crippen LogP contribution in [0.4, 0.5) is 5.69 Å². The molecule has 4 rings (SSSR count). The molecule has 8 heteroatoms. The summed E-state index contributed by atoms with van der Waals surface area (Å²) < 4.78 is 1.86. The van der Waals surface area contributed by atoms with Crippen molar-refractivity contribution in [2.75, 3.05) is 31.5 Å². The molecule has 0 radical (unpaired) electrons. The monoisotopic (exact) mass is 396 g/mol. The average molecular weight is 396 g/mol. The highest BCUT2D eigenvalue weighted by atomic mass is 16.2. The maximum atomic E-state index is 13.0. The largest absolute Gasteiger partial charge is 0.339 e. The number of carbonyl (C=O) groups is 2. The SMILES string of the molecule is Cc1c(C(=O)Nc2ccccc2C(=O)N2CCCCC2)nnn1C1CCNCC1. The van der Waals surface area contributed by atoms with Crippen LogP contribution in [0.3, 0.4) is 0 Å². The number of hydrogen-bond donors (Lipinski definition) is 2. The van der Waals surface area contributed by atoms with Gasteiger partial charge in [0.2, 0.25) is 0 Å². The van der Waals surface area contributed by atoms with Gasteiger partial charge in [-0.05, 0) is 64.3 Å². The van der Waals surface area contributed by atoms with Crippen molar-refractivity contribution < 1.29 is 9.59 Å². The lowest BCUT2D eigenvalue weighted by Gasteiger charge is -2.27. The summed E-state index contributed by atoms with van der Waals surface area (Å²) in [5.74, 6) is -0.364. The number of para-hydroxylation sites is 1. The fraction of sp³-hybridized carbons (Fsp3) is 0.524. The summed E-state index contributed by atoms with van der Waals surface area (Å²) in [5, 5.41) is 14.6. The zero-order chi connectivity index (χ0) is 20.2. The Bertz CT molecular complexity index is 881. The molecule has 2 N–H and O–H groups in total. The van der Waals surface area contributed by atoms with Gasteiger partial charge >= 0.3 is 0 Å². The normalized spacial score (nSPS) is 17.9. The summed E-state index contributed by atoms with van der Waals surface area (Å²) in [6.45, 7) is 5.30. The van der Waals surface area contributed by atoms with Crippen LogP contribution in [-0.2, 0) is 0 Å². The van der Waals surface area contributed by atoms with E-state index in [0.717, 1.165) is 64.0 Å². The molecule has 2 aliphatic rings. The molecule has 154 valence electrons. The van der Waals surface area contributed by atoms with E-state index in [4.69, 9.17) is 0 Å². The summed E-state index contributed by atoms with van der Waals surface area (Å²) in [6, 6.07) is 7.44. The second-order valence-corrected chi connectivity index (χ2v) is 7.80. The van der Waals surface area contributed by atoms with Gasteiger partial charge in [-0.1, -0.05) is 17.3 Å². The van der Waals surface area contributed by atoms with Gasteiger partial charge in [0.15, 0.2) is 5.69 Å². The molecule has 2 saturated heterocycles. The number of amides is 2. The molecule has 0 aliphatic carbocycles. The van der Waals surface area contributed by atoms with E-state index in [2.05, 4.69) is 20.9 Å². The van der Waals surface area contributed by atoms with E-state index in [0.29, 0.717) is 16.9 Å². The van der Waals surface area contributed by atoms with Crippen LogP contribution in [0, 0.1) is 6.92 Å². The van der Waals surface area contributed by atoms with Crippen molar-refractivity contribution in [3.8, 4) is 0 Å². The van der Waals surface area contributed by atoms with Crippen LogP contribution < -0.4 is 10.6 Å². The second kappa shape index (κ2) is 8.73. The molecule has 1 aromatic heterocycles. The molecule has 0 atom stereocenters. The van der Waals surface area contributed by atoms with Gasteiger partial charge in [-0.2, -0.15) is 0 Å². The Hall–Kier alpha value is -2.74. The number of aromatic nitrogens is 3. The number of carbonyl (C=O) groups excluding carboxylic acids is 2. The van der Waals surface area contributed by atoms with Crippen molar-refractivity contribution in [1.29, 1.82) is 0 Å². The van der Waals surface area contributed by atoms with Crippen LogP contribution >= 0.6 is 0 Å². The number of rotatable bonds is 4. The Kier molecular flexibility index (Phi) is 5.89. The fourth-order valence-electron chi connectivity index (χ4n) is 4.18. The zero-order valence-corrected chi connectivity index (χ0v) is 16.9. The lowest BCUT2D eigenvalue weighted by Crippen LogP contribution is -2.36. The van der Waals surface area contributed by atoms with Gasteiger partial charge in [-0.25, -0.2) is 4.68 Å². The number of anilines is 1. The maximum absolute atomic E-state index is 13.0. The number of piperidine rings is 2. The molecule has 1 aromatic carbocycles. The summed E-state index contributed by atoms with van der Waals surface area (Å²) >= 11 is 0. The molecule has 0 unspecified atom stereocenters. The highest BCUT2D eigenvalue weighted by Gasteiger charge is 2.25. The molecule has 29 heavy (non-hydrogen) atoms. The first-order chi connectivity index (χ1) is 14.1. The highest BCUT2D eigenvalue weighted by molar-refractivity contribution is 6.08. The summed E-state index contributed by atoms with van der Waals surface area (Å²) in [4.78, 5) is 27.7. The van der Waals surface area contributed by atoms with Crippen molar-refractivity contribution in [2.24, 2.45) is 0 Å². The Morgan fingerprint density at radius 1 is 1.10 bits per heavy atom. The lowest BCUT2D eigenvalue weighted by molar-refractivity contribution is 0.0725. The molecule has 2 amide bonds. The first-order valence-corrected chi connectivity index (χ1v) is 10.5. The smallest absolute Gasteiger partial charge is 0.278 e. The van der Waals surface area contributed by atoms with E-state index in [1.807, 2.05) is 28.6 Å². The van der Waals surface area contributed by atoms with Crippen LogP contribution in [0.15, 0.2) is 24.3 Å². The topological polar surface area (TPSA) is 92.2 Å². The maximum Gasteiger partial charge on any atom is 0.278 e. The quantitative estimate of drug-likeness (QED) is 0.828. The van der Waals surface area contributed by atoms with Crippen molar-refractivity contribution in [1.82, 2.24) is 25.2 Å². The van der Waals surface area contributed by atoms with E-state index in [1.54, 1.807) is 12.1 Å². The van der Waals surface area contributed by atoms with E-state index < -0.39 is 0 Å². The number of benzene rings is 1. The average Bonchev–Trinajstić information content (AvgIpc) is 3.16. The third-order valence-electron chi connectivity index (χ3n) is 5.85. The van der Waals surface area contributed by atoms with Gasteiger partial charge in [0.25, 0.3) is 11.8 Å². The molecule has 2 aromatic rings. The minimum absolute atomic E-state index is 0.0318. The Morgan fingerprint density at radius 3 is 2.59 bits per heavy atom. The Labute approximate surface area is 170 Å². The molecule has 0 spiro atoms. The summed E-state index contributed by atoms with van der Waals surface area (Å²) in [5.41, 5.74) is 2.10. The lowest BCUT2D eigenvalue weighted by atomic mass is 10.1. The number of nitrogens with one attached hydrogen (secondary N) is 2. The zero-order valence-electron chi connectivity index (χ0n) is 16.9. The van der Waals surface area contributed by atoms with Gasteiger partial charge in [-0.15, -0.1) is 5.10 Å². The predicted octanol–water partition coefficient (Wildman–Crippen LogP) is 2.39. The van der Waals surface area contributed by atoms with E-state index in [-0.39, 0.29) is 17.9 Å². The Morgan fingerprint density at radius 2 is 1.83 bits per heavy atom. The van der Waals surface area contributed by atoms with Crippen LogP contribution in [0.5, 0.6) is 0 Å². The van der Waals surface area contributed by atoms with Crippen molar-refractivity contribution >= 4 is 17.5 Å². The molecular formula is C21H28N6O2. The number of likely N-dealkylation sites (tertiary alicyclic amines) is 1.